The predicted molar refractivity (Wildman–Crippen MR) is 70.9 cm³/mol. The summed E-state index contributed by atoms with van der Waals surface area (Å²) in [7, 11) is 0. The van der Waals surface area contributed by atoms with Crippen molar-refractivity contribution in [3.05, 3.63) is 59.1 Å². The van der Waals surface area contributed by atoms with Crippen LogP contribution in [0.15, 0.2) is 48.5 Å². The molecule has 2 N–H and O–H groups in total. The van der Waals surface area contributed by atoms with Crippen LogP contribution >= 0.6 is 11.6 Å². The molecule has 1 atom stereocenters. The fourth-order valence-corrected chi connectivity index (χ4v) is 2.37. The highest BCUT2D eigenvalue weighted by Gasteiger charge is 2.35. The van der Waals surface area contributed by atoms with Gasteiger partial charge in [0.15, 0.2) is 0 Å². The van der Waals surface area contributed by atoms with E-state index in [2.05, 4.69) is 0 Å². The van der Waals surface area contributed by atoms with Crippen molar-refractivity contribution in [1.82, 2.24) is 0 Å². The van der Waals surface area contributed by atoms with Gasteiger partial charge in [-0.3, -0.25) is 0 Å². The second-order valence-electron chi connectivity index (χ2n) is 4.06. The fourth-order valence-electron chi connectivity index (χ4n) is 2.14. The highest BCUT2D eigenvalue weighted by atomic mass is 35.5. The molecule has 2 aromatic carbocycles. The van der Waals surface area contributed by atoms with Crippen LogP contribution in [-0.2, 0) is 0 Å². The zero-order chi connectivity index (χ0) is 12.7. The number of hydrogen-bond acceptors (Lipinski definition) is 3. The van der Waals surface area contributed by atoms with Gasteiger partial charge >= 0.3 is 0 Å². The van der Waals surface area contributed by atoms with Crippen molar-refractivity contribution < 1.29 is 4.48 Å². The lowest BCUT2D eigenvalue weighted by atomic mass is 10.1. The summed E-state index contributed by atoms with van der Waals surface area (Å²) in [6.45, 7) is 0. The minimum Gasteiger partial charge on any atom is -0.306 e. The van der Waals surface area contributed by atoms with Crippen molar-refractivity contribution in [2.75, 3.05) is 10.2 Å². The Morgan fingerprint density at radius 2 is 1.61 bits per heavy atom. The van der Waals surface area contributed by atoms with Crippen LogP contribution in [0.4, 0.5) is 15.9 Å². The van der Waals surface area contributed by atoms with Crippen LogP contribution in [0.2, 0.25) is 5.02 Å². The van der Waals surface area contributed by atoms with E-state index in [1.807, 2.05) is 12.1 Å². The summed E-state index contributed by atoms with van der Waals surface area (Å²) in [4.78, 5) is 0. The minimum absolute atomic E-state index is 0.449. The van der Waals surface area contributed by atoms with Crippen LogP contribution in [0.25, 0.3) is 0 Å². The van der Waals surface area contributed by atoms with Gasteiger partial charge in [-0.2, -0.15) is 0 Å². The Hall–Kier alpha value is -1.78. The summed E-state index contributed by atoms with van der Waals surface area (Å²) in [5.41, 5.74) is 7.80. The van der Waals surface area contributed by atoms with Crippen molar-refractivity contribution in [3.63, 3.8) is 0 Å². The van der Waals surface area contributed by atoms with E-state index in [1.54, 1.807) is 36.4 Å². The second-order valence-corrected chi connectivity index (χ2v) is 4.47. The zero-order valence-electron chi connectivity index (χ0n) is 9.42. The summed E-state index contributed by atoms with van der Waals surface area (Å²) >= 11 is 6.09. The molecule has 92 valence electrons. The van der Waals surface area contributed by atoms with Gasteiger partial charge in [0.25, 0.3) is 0 Å². The Labute approximate surface area is 109 Å². The molecule has 2 aromatic rings. The summed E-state index contributed by atoms with van der Waals surface area (Å²) in [5, 5.41) is 2.34. The summed E-state index contributed by atoms with van der Waals surface area (Å²) in [6, 6.07) is 14.1. The van der Waals surface area contributed by atoms with Crippen LogP contribution in [0, 0.1) is 0 Å². The van der Waals surface area contributed by atoms with Crippen molar-refractivity contribution in [1.29, 1.82) is 0 Å². The first-order valence-corrected chi connectivity index (χ1v) is 5.92. The summed E-state index contributed by atoms with van der Waals surface area (Å²) in [5.74, 6) is 0. The number of benzene rings is 2. The van der Waals surface area contributed by atoms with Crippen molar-refractivity contribution in [3.8, 4) is 0 Å². The number of para-hydroxylation sites is 2. The molecule has 0 saturated heterocycles. The third-order valence-corrected chi connectivity index (χ3v) is 3.33. The lowest BCUT2D eigenvalue weighted by molar-refractivity contribution is 0.409. The Balaban J connectivity index is 2.10. The molecule has 0 aromatic heterocycles. The largest absolute Gasteiger partial charge is 0.306 e. The van der Waals surface area contributed by atoms with Gasteiger partial charge in [0.05, 0.1) is 10.7 Å². The van der Waals surface area contributed by atoms with Gasteiger partial charge in [-0.1, -0.05) is 46.4 Å². The number of rotatable bonds is 1. The average Bonchev–Trinajstić information content (AvgIpc) is 2.64. The Morgan fingerprint density at radius 1 is 1.00 bits per heavy atom. The quantitative estimate of drug-likeness (QED) is 0.800. The van der Waals surface area contributed by atoms with Crippen molar-refractivity contribution >= 4 is 23.0 Å². The number of fused-ring (bicyclic) bond motifs is 1. The van der Waals surface area contributed by atoms with E-state index in [0.29, 0.717) is 21.6 Å². The van der Waals surface area contributed by atoms with Crippen molar-refractivity contribution in [2.45, 2.75) is 6.17 Å². The van der Waals surface area contributed by atoms with Crippen LogP contribution in [-0.4, -0.2) is 0 Å². The SMILES string of the molecule is NC1c2ccccc2N(F)N1c1ccccc1Cl. The van der Waals surface area contributed by atoms with Crippen LogP contribution in [0.1, 0.15) is 11.7 Å². The number of nitrogens with zero attached hydrogens (tertiary/aromatic N) is 2. The topological polar surface area (TPSA) is 32.5 Å². The lowest BCUT2D eigenvalue weighted by Crippen LogP contribution is -2.38. The predicted octanol–water partition coefficient (Wildman–Crippen LogP) is 3.42. The molecular weight excluding hydrogens is 253 g/mol. The summed E-state index contributed by atoms with van der Waals surface area (Å²) in [6.07, 6.45) is -0.578. The number of halogens is 2. The third-order valence-electron chi connectivity index (χ3n) is 3.01. The Bertz CT molecular complexity index is 561. The van der Waals surface area contributed by atoms with E-state index in [1.165, 1.54) is 5.01 Å². The van der Waals surface area contributed by atoms with Gasteiger partial charge in [-0.15, -0.1) is 5.23 Å². The molecule has 0 amide bonds. The van der Waals surface area contributed by atoms with Gasteiger partial charge in [0.2, 0.25) is 0 Å². The fraction of sp³-hybridized carbons (Fsp3) is 0.0769. The zero-order valence-corrected chi connectivity index (χ0v) is 10.2. The molecule has 0 saturated carbocycles. The molecular formula is C13H11ClFN3. The number of anilines is 2. The van der Waals surface area contributed by atoms with Gasteiger partial charge in [0.1, 0.15) is 11.9 Å². The first kappa shape index (κ1) is 11.3. The van der Waals surface area contributed by atoms with Gasteiger partial charge in [-0.25, -0.2) is 5.01 Å². The molecule has 3 rings (SSSR count). The lowest BCUT2D eigenvalue weighted by Gasteiger charge is -2.27. The van der Waals surface area contributed by atoms with E-state index in [9.17, 15) is 4.48 Å². The molecule has 1 aliphatic rings. The highest BCUT2D eigenvalue weighted by molar-refractivity contribution is 6.33. The molecule has 1 unspecified atom stereocenters. The molecule has 1 aliphatic heterocycles. The van der Waals surface area contributed by atoms with Crippen LogP contribution in [0.5, 0.6) is 0 Å². The highest BCUT2D eigenvalue weighted by Crippen LogP contribution is 2.42. The molecule has 5 heteroatoms. The van der Waals surface area contributed by atoms with E-state index < -0.39 is 6.17 Å². The minimum atomic E-state index is -0.578. The number of nitrogens with two attached hydrogens (primary N) is 1. The maximum Gasteiger partial charge on any atom is 0.128 e. The second kappa shape index (κ2) is 4.15. The van der Waals surface area contributed by atoms with Crippen LogP contribution < -0.4 is 16.0 Å². The first-order valence-electron chi connectivity index (χ1n) is 5.54. The van der Waals surface area contributed by atoms with Crippen LogP contribution in [0.3, 0.4) is 0 Å². The molecule has 0 aliphatic carbocycles. The third kappa shape index (κ3) is 1.54. The van der Waals surface area contributed by atoms with Gasteiger partial charge in [-0.05, 0) is 18.2 Å². The van der Waals surface area contributed by atoms with E-state index in [0.717, 1.165) is 5.56 Å². The molecule has 0 spiro atoms. The normalized spacial score (nSPS) is 18.1. The van der Waals surface area contributed by atoms with E-state index in [-0.39, 0.29) is 0 Å². The first-order chi connectivity index (χ1) is 8.70. The smallest absolute Gasteiger partial charge is 0.128 e. The molecule has 0 fully saturated rings. The standard InChI is InChI=1S/C13H11ClFN3/c14-10-6-2-4-8-12(10)17-13(16)9-5-1-3-7-11(9)18(17)15/h1-8,13H,16H2. The summed E-state index contributed by atoms with van der Waals surface area (Å²) < 4.78 is 14.3. The maximum absolute atomic E-state index is 14.3. The molecule has 0 radical (unpaired) electrons. The van der Waals surface area contributed by atoms with E-state index in [4.69, 9.17) is 17.3 Å². The van der Waals surface area contributed by atoms with E-state index >= 15 is 0 Å². The van der Waals surface area contributed by atoms with Crippen molar-refractivity contribution in [2.24, 2.45) is 5.73 Å². The van der Waals surface area contributed by atoms with Gasteiger partial charge in [0, 0.05) is 5.56 Å². The molecule has 18 heavy (non-hydrogen) atoms. The van der Waals surface area contributed by atoms with Gasteiger partial charge < -0.3 is 5.73 Å². The number of hydrogen-bond donors (Lipinski definition) is 1. The average molecular weight is 264 g/mol. The maximum atomic E-state index is 14.3. The monoisotopic (exact) mass is 263 g/mol. The molecule has 1 heterocycles. The Kier molecular flexibility index (Phi) is 2.61. The molecule has 0 bridgehead atoms. The molecule has 3 nitrogen and oxygen atoms in total. The number of hydrazine groups is 1. The Morgan fingerprint density at radius 3 is 2.28 bits per heavy atom.